The highest BCUT2D eigenvalue weighted by molar-refractivity contribution is 7.15. The highest BCUT2D eigenvalue weighted by Gasteiger charge is 2.18. The maximum absolute atomic E-state index is 12.7. The lowest BCUT2D eigenvalue weighted by Gasteiger charge is -2.13. The van der Waals surface area contributed by atoms with Gasteiger partial charge in [-0.05, 0) is 19.1 Å². The third-order valence-electron chi connectivity index (χ3n) is 4.13. The zero-order valence-corrected chi connectivity index (χ0v) is 15.7. The molecule has 0 saturated carbocycles. The van der Waals surface area contributed by atoms with Gasteiger partial charge in [0.2, 0.25) is 0 Å². The third kappa shape index (κ3) is 3.41. The van der Waals surface area contributed by atoms with E-state index in [-0.39, 0.29) is 11.9 Å². The lowest BCUT2D eigenvalue weighted by atomic mass is 10.1. The fourth-order valence-corrected chi connectivity index (χ4v) is 3.74. The Kier molecular flexibility index (Phi) is 4.59. The summed E-state index contributed by atoms with van der Waals surface area (Å²) in [5, 5.41) is 8.86. The van der Waals surface area contributed by atoms with Gasteiger partial charge in [0.15, 0.2) is 4.96 Å². The molecule has 0 bridgehead atoms. The summed E-state index contributed by atoms with van der Waals surface area (Å²) >= 11 is 1.43. The largest absolute Gasteiger partial charge is 0.496 e. The molecule has 4 aromatic rings. The summed E-state index contributed by atoms with van der Waals surface area (Å²) in [6.07, 6.45) is 4.96. The topological polar surface area (TPSA) is 86.3 Å². The minimum Gasteiger partial charge on any atom is -0.496 e. The first-order valence-electron chi connectivity index (χ1n) is 8.39. The monoisotopic (exact) mass is 382 g/mol. The SMILES string of the molecule is COc1ccccc1-c1cn2c(C(=O)N[C@@H](C)Cn3cncn3)csc2n1. The summed E-state index contributed by atoms with van der Waals surface area (Å²) in [4.78, 5) is 22.0. The maximum atomic E-state index is 12.7. The van der Waals surface area contributed by atoms with Gasteiger partial charge in [-0.3, -0.25) is 13.9 Å². The van der Waals surface area contributed by atoms with Gasteiger partial charge in [-0.25, -0.2) is 9.97 Å². The van der Waals surface area contributed by atoms with Crippen LogP contribution in [0.25, 0.3) is 16.2 Å². The van der Waals surface area contributed by atoms with Crippen LogP contribution < -0.4 is 10.1 Å². The van der Waals surface area contributed by atoms with Crippen molar-refractivity contribution in [1.29, 1.82) is 0 Å². The van der Waals surface area contributed by atoms with Crippen LogP contribution in [0.2, 0.25) is 0 Å². The van der Waals surface area contributed by atoms with Crippen molar-refractivity contribution in [2.45, 2.75) is 19.5 Å². The van der Waals surface area contributed by atoms with Gasteiger partial charge in [-0.15, -0.1) is 11.3 Å². The first-order valence-corrected chi connectivity index (χ1v) is 9.27. The summed E-state index contributed by atoms with van der Waals surface area (Å²) in [6.45, 7) is 2.48. The van der Waals surface area contributed by atoms with Crippen molar-refractivity contribution < 1.29 is 9.53 Å². The van der Waals surface area contributed by atoms with E-state index in [1.54, 1.807) is 18.1 Å². The van der Waals surface area contributed by atoms with Crippen molar-refractivity contribution in [3.8, 4) is 17.0 Å². The Morgan fingerprint density at radius 1 is 1.37 bits per heavy atom. The molecule has 0 aliphatic carbocycles. The van der Waals surface area contributed by atoms with Crippen LogP contribution in [0.15, 0.2) is 48.5 Å². The minimum atomic E-state index is -0.155. The fraction of sp³-hybridized carbons (Fsp3) is 0.222. The van der Waals surface area contributed by atoms with Crippen LogP contribution in [0.1, 0.15) is 17.4 Å². The number of amides is 1. The van der Waals surface area contributed by atoms with Gasteiger partial charge in [0, 0.05) is 23.2 Å². The number of hydrogen-bond donors (Lipinski definition) is 1. The number of methoxy groups -OCH3 is 1. The van der Waals surface area contributed by atoms with E-state index in [0.717, 1.165) is 22.0 Å². The quantitative estimate of drug-likeness (QED) is 0.554. The molecule has 8 nitrogen and oxygen atoms in total. The predicted molar refractivity (Wildman–Crippen MR) is 102 cm³/mol. The number of imidazole rings is 1. The number of benzene rings is 1. The first kappa shape index (κ1) is 17.2. The molecular weight excluding hydrogens is 364 g/mol. The second-order valence-electron chi connectivity index (χ2n) is 6.09. The van der Waals surface area contributed by atoms with Crippen LogP contribution in [0.3, 0.4) is 0 Å². The van der Waals surface area contributed by atoms with Gasteiger partial charge in [-0.2, -0.15) is 5.10 Å². The predicted octanol–water partition coefficient (Wildman–Crippen LogP) is 2.48. The lowest BCUT2D eigenvalue weighted by Crippen LogP contribution is -2.36. The molecule has 0 radical (unpaired) electrons. The van der Waals surface area contributed by atoms with E-state index in [1.807, 2.05) is 47.2 Å². The van der Waals surface area contributed by atoms with E-state index in [2.05, 4.69) is 20.4 Å². The number of hydrogen-bond acceptors (Lipinski definition) is 6. The maximum Gasteiger partial charge on any atom is 0.269 e. The van der Waals surface area contributed by atoms with E-state index in [1.165, 1.54) is 17.7 Å². The number of nitrogens with zero attached hydrogens (tertiary/aromatic N) is 5. The van der Waals surface area contributed by atoms with E-state index in [0.29, 0.717) is 12.2 Å². The molecule has 1 N–H and O–H groups in total. The molecule has 4 rings (SSSR count). The summed E-state index contributed by atoms with van der Waals surface area (Å²) in [7, 11) is 1.63. The molecule has 0 saturated heterocycles. The van der Waals surface area contributed by atoms with Gasteiger partial charge in [-0.1, -0.05) is 12.1 Å². The number of carbonyl (C=O) groups excluding carboxylic acids is 1. The standard InChI is InChI=1S/C18H18N6O2S/c1-12(7-23-11-19-10-20-23)21-17(25)15-9-27-18-22-14(8-24(15)18)13-5-3-4-6-16(13)26-2/h3-6,8-12H,7H2,1-2H3,(H,21,25)/t12-/m0/s1. The molecular formula is C18H18N6O2S. The van der Waals surface area contributed by atoms with Crippen molar-refractivity contribution in [2.24, 2.45) is 0 Å². The number of para-hydroxylation sites is 1. The normalized spacial score (nSPS) is 12.2. The summed E-state index contributed by atoms with van der Waals surface area (Å²) in [6, 6.07) is 7.60. The van der Waals surface area contributed by atoms with Gasteiger partial charge in [0.1, 0.15) is 24.1 Å². The van der Waals surface area contributed by atoms with Crippen LogP contribution in [-0.2, 0) is 6.54 Å². The van der Waals surface area contributed by atoms with E-state index in [9.17, 15) is 4.79 Å². The van der Waals surface area contributed by atoms with Crippen molar-refractivity contribution in [3.05, 3.63) is 54.2 Å². The van der Waals surface area contributed by atoms with E-state index < -0.39 is 0 Å². The molecule has 27 heavy (non-hydrogen) atoms. The van der Waals surface area contributed by atoms with Crippen LogP contribution in [0, 0.1) is 0 Å². The highest BCUT2D eigenvalue weighted by atomic mass is 32.1. The number of fused-ring (bicyclic) bond motifs is 1. The van der Waals surface area contributed by atoms with E-state index in [4.69, 9.17) is 4.74 Å². The number of thiazole rings is 1. The van der Waals surface area contributed by atoms with Gasteiger partial charge in [0.05, 0.1) is 19.3 Å². The number of ether oxygens (including phenoxy) is 1. The van der Waals surface area contributed by atoms with E-state index >= 15 is 0 Å². The zero-order chi connectivity index (χ0) is 18.8. The Bertz CT molecular complexity index is 1070. The molecule has 138 valence electrons. The molecule has 3 heterocycles. The molecule has 3 aromatic heterocycles. The van der Waals surface area contributed by atoms with Crippen molar-refractivity contribution in [1.82, 2.24) is 29.5 Å². The van der Waals surface area contributed by atoms with Crippen LogP contribution >= 0.6 is 11.3 Å². The molecule has 1 amide bonds. The summed E-state index contributed by atoms with van der Waals surface area (Å²) in [5.41, 5.74) is 2.21. The van der Waals surface area contributed by atoms with Gasteiger partial charge < -0.3 is 10.1 Å². The Morgan fingerprint density at radius 2 is 2.22 bits per heavy atom. The number of rotatable bonds is 6. The summed E-state index contributed by atoms with van der Waals surface area (Å²) < 4.78 is 8.91. The van der Waals surface area contributed by atoms with Crippen LogP contribution in [0.4, 0.5) is 0 Å². The summed E-state index contributed by atoms with van der Waals surface area (Å²) in [5.74, 6) is 0.591. The fourth-order valence-electron chi connectivity index (χ4n) is 2.88. The van der Waals surface area contributed by atoms with Crippen molar-refractivity contribution in [3.63, 3.8) is 0 Å². The minimum absolute atomic E-state index is 0.0913. The lowest BCUT2D eigenvalue weighted by molar-refractivity contribution is 0.0930. The van der Waals surface area contributed by atoms with Crippen LogP contribution in [0.5, 0.6) is 5.75 Å². The van der Waals surface area contributed by atoms with Crippen molar-refractivity contribution >= 4 is 22.2 Å². The molecule has 9 heteroatoms. The second kappa shape index (κ2) is 7.20. The Labute approximate surface area is 159 Å². The molecule has 0 spiro atoms. The average molecular weight is 382 g/mol. The zero-order valence-electron chi connectivity index (χ0n) is 14.9. The molecule has 0 aliphatic rings. The highest BCUT2D eigenvalue weighted by Crippen LogP contribution is 2.30. The molecule has 0 unspecified atom stereocenters. The van der Waals surface area contributed by atoms with Crippen LogP contribution in [-0.4, -0.2) is 43.2 Å². The third-order valence-corrected chi connectivity index (χ3v) is 4.97. The second-order valence-corrected chi connectivity index (χ2v) is 6.93. The molecule has 1 aromatic carbocycles. The molecule has 0 aliphatic heterocycles. The Balaban J connectivity index is 1.57. The number of nitrogens with one attached hydrogen (secondary N) is 1. The molecule has 0 fully saturated rings. The number of carbonyl (C=O) groups is 1. The first-order chi connectivity index (χ1) is 13.2. The number of aromatic nitrogens is 5. The Morgan fingerprint density at radius 3 is 3.00 bits per heavy atom. The van der Waals surface area contributed by atoms with Gasteiger partial charge >= 0.3 is 0 Å². The molecule has 1 atom stereocenters. The Hall–Kier alpha value is -3.20. The van der Waals surface area contributed by atoms with Gasteiger partial charge in [0.25, 0.3) is 5.91 Å². The smallest absolute Gasteiger partial charge is 0.269 e. The van der Waals surface area contributed by atoms with Crippen molar-refractivity contribution in [2.75, 3.05) is 7.11 Å². The average Bonchev–Trinajstić information content (AvgIpc) is 3.38.